The predicted octanol–water partition coefficient (Wildman–Crippen LogP) is 0.799. The molecular weight excluding hydrogens is 216 g/mol. The first-order chi connectivity index (χ1) is 8.20. The fourth-order valence-corrected chi connectivity index (χ4v) is 1.99. The second-order valence-corrected chi connectivity index (χ2v) is 4.32. The lowest BCUT2D eigenvalue weighted by Gasteiger charge is -2.17. The first-order valence-corrected chi connectivity index (χ1v) is 5.84. The maximum absolute atomic E-state index is 11.6. The number of likely N-dealkylation sites (N-methyl/N-ethyl adjacent to an activating group) is 2. The van der Waals surface area contributed by atoms with Gasteiger partial charge in [0.15, 0.2) is 0 Å². The highest BCUT2D eigenvalue weighted by molar-refractivity contribution is 5.77. The Morgan fingerprint density at radius 2 is 2.35 bits per heavy atom. The fourth-order valence-electron chi connectivity index (χ4n) is 1.99. The SMILES string of the molecule is CNCC(=O)N(C)Cc1ccc2c(c1)CCO2. The molecule has 0 radical (unpaired) electrons. The van der Waals surface area contributed by atoms with Gasteiger partial charge in [-0.2, -0.15) is 0 Å². The summed E-state index contributed by atoms with van der Waals surface area (Å²) in [6.07, 6.45) is 0.970. The third-order valence-corrected chi connectivity index (χ3v) is 2.93. The monoisotopic (exact) mass is 234 g/mol. The van der Waals surface area contributed by atoms with Crippen LogP contribution in [0, 0.1) is 0 Å². The van der Waals surface area contributed by atoms with Crippen molar-refractivity contribution in [1.29, 1.82) is 0 Å². The van der Waals surface area contributed by atoms with E-state index in [4.69, 9.17) is 4.74 Å². The number of fused-ring (bicyclic) bond motifs is 1. The van der Waals surface area contributed by atoms with Gasteiger partial charge in [0, 0.05) is 20.0 Å². The molecular formula is C13H18N2O2. The van der Waals surface area contributed by atoms with Crippen LogP contribution < -0.4 is 10.1 Å². The first kappa shape index (κ1) is 11.9. The van der Waals surface area contributed by atoms with E-state index in [-0.39, 0.29) is 5.91 Å². The zero-order chi connectivity index (χ0) is 12.3. The molecule has 0 atom stereocenters. The largest absolute Gasteiger partial charge is 0.493 e. The lowest BCUT2D eigenvalue weighted by atomic mass is 10.1. The molecule has 1 amide bonds. The maximum Gasteiger partial charge on any atom is 0.236 e. The maximum atomic E-state index is 11.6. The molecule has 4 nitrogen and oxygen atoms in total. The van der Waals surface area contributed by atoms with Crippen molar-refractivity contribution >= 4 is 5.91 Å². The van der Waals surface area contributed by atoms with Gasteiger partial charge in [-0.15, -0.1) is 0 Å². The summed E-state index contributed by atoms with van der Waals surface area (Å²) in [6.45, 7) is 1.80. The summed E-state index contributed by atoms with van der Waals surface area (Å²) in [5, 5.41) is 2.86. The summed E-state index contributed by atoms with van der Waals surface area (Å²) in [7, 11) is 3.60. The van der Waals surface area contributed by atoms with Crippen molar-refractivity contribution in [2.45, 2.75) is 13.0 Å². The summed E-state index contributed by atoms with van der Waals surface area (Å²) in [6, 6.07) is 6.15. The highest BCUT2D eigenvalue weighted by atomic mass is 16.5. The van der Waals surface area contributed by atoms with Crippen molar-refractivity contribution < 1.29 is 9.53 Å². The lowest BCUT2D eigenvalue weighted by Crippen LogP contribution is -2.33. The Labute approximate surface area is 102 Å². The van der Waals surface area contributed by atoms with E-state index in [1.807, 2.05) is 19.2 Å². The van der Waals surface area contributed by atoms with Crippen LogP contribution in [0.3, 0.4) is 0 Å². The molecule has 1 heterocycles. The highest BCUT2D eigenvalue weighted by Gasteiger charge is 2.13. The molecule has 0 saturated carbocycles. The van der Waals surface area contributed by atoms with E-state index in [0.29, 0.717) is 13.1 Å². The minimum absolute atomic E-state index is 0.101. The van der Waals surface area contributed by atoms with Crippen molar-refractivity contribution in [3.05, 3.63) is 29.3 Å². The smallest absolute Gasteiger partial charge is 0.236 e. The Morgan fingerprint density at radius 1 is 1.53 bits per heavy atom. The van der Waals surface area contributed by atoms with E-state index in [9.17, 15) is 4.79 Å². The van der Waals surface area contributed by atoms with Crippen LogP contribution in [0.25, 0.3) is 0 Å². The average Bonchev–Trinajstić information content (AvgIpc) is 2.76. The molecule has 0 aromatic heterocycles. The van der Waals surface area contributed by atoms with Crippen LogP contribution in [0.5, 0.6) is 5.75 Å². The molecule has 0 saturated heterocycles. The number of nitrogens with one attached hydrogen (secondary N) is 1. The van der Waals surface area contributed by atoms with Gasteiger partial charge >= 0.3 is 0 Å². The van der Waals surface area contributed by atoms with Gasteiger partial charge in [0.05, 0.1) is 13.2 Å². The minimum atomic E-state index is 0.101. The molecule has 1 N–H and O–H groups in total. The molecule has 0 fully saturated rings. The molecule has 2 rings (SSSR count). The molecule has 4 heteroatoms. The van der Waals surface area contributed by atoms with E-state index < -0.39 is 0 Å². The van der Waals surface area contributed by atoms with Gasteiger partial charge in [-0.3, -0.25) is 4.79 Å². The van der Waals surface area contributed by atoms with Gasteiger partial charge in [0.2, 0.25) is 5.91 Å². The van der Waals surface area contributed by atoms with Gasteiger partial charge in [-0.25, -0.2) is 0 Å². The Hall–Kier alpha value is -1.55. The number of hydrogen-bond acceptors (Lipinski definition) is 3. The van der Waals surface area contributed by atoms with Crippen molar-refractivity contribution in [2.24, 2.45) is 0 Å². The zero-order valence-electron chi connectivity index (χ0n) is 10.3. The molecule has 0 unspecified atom stereocenters. The normalized spacial score (nSPS) is 13.1. The Kier molecular flexibility index (Phi) is 3.64. The van der Waals surface area contributed by atoms with Crippen LogP contribution in [0.2, 0.25) is 0 Å². The van der Waals surface area contributed by atoms with E-state index in [1.165, 1.54) is 5.56 Å². The summed E-state index contributed by atoms with van der Waals surface area (Å²) >= 11 is 0. The molecule has 1 aromatic rings. The number of carbonyl (C=O) groups excluding carboxylic acids is 1. The van der Waals surface area contributed by atoms with Crippen molar-refractivity contribution in [3.63, 3.8) is 0 Å². The summed E-state index contributed by atoms with van der Waals surface area (Å²) in [5.41, 5.74) is 2.40. The van der Waals surface area contributed by atoms with Gasteiger partial charge in [-0.05, 0) is 24.2 Å². The summed E-state index contributed by atoms with van der Waals surface area (Å²) in [4.78, 5) is 13.4. The zero-order valence-corrected chi connectivity index (χ0v) is 10.3. The number of rotatable bonds is 4. The number of ether oxygens (including phenoxy) is 1. The van der Waals surface area contributed by atoms with Crippen LogP contribution in [-0.4, -0.2) is 38.1 Å². The van der Waals surface area contributed by atoms with Crippen molar-refractivity contribution in [3.8, 4) is 5.75 Å². The number of amides is 1. The van der Waals surface area contributed by atoms with E-state index in [1.54, 1.807) is 11.9 Å². The first-order valence-electron chi connectivity index (χ1n) is 5.84. The van der Waals surface area contributed by atoms with Crippen LogP contribution in [0.1, 0.15) is 11.1 Å². The molecule has 92 valence electrons. The number of carbonyl (C=O) groups is 1. The van der Waals surface area contributed by atoms with Crippen LogP contribution in [0.4, 0.5) is 0 Å². The van der Waals surface area contributed by atoms with E-state index in [0.717, 1.165) is 24.3 Å². The van der Waals surface area contributed by atoms with Gasteiger partial charge in [0.25, 0.3) is 0 Å². The van der Waals surface area contributed by atoms with E-state index in [2.05, 4.69) is 11.4 Å². The quantitative estimate of drug-likeness (QED) is 0.838. The second kappa shape index (κ2) is 5.19. The van der Waals surface area contributed by atoms with Gasteiger partial charge in [-0.1, -0.05) is 12.1 Å². The molecule has 17 heavy (non-hydrogen) atoms. The van der Waals surface area contributed by atoms with Crippen molar-refractivity contribution in [2.75, 3.05) is 27.2 Å². The molecule has 1 aliphatic rings. The number of hydrogen-bond donors (Lipinski definition) is 1. The lowest BCUT2D eigenvalue weighted by molar-refractivity contribution is -0.129. The summed E-state index contributed by atoms with van der Waals surface area (Å²) in [5.74, 6) is 1.09. The van der Waals surface area contributed by atoms with E-state index >= 15 is 0 Å². The number of nitrogens with zero attached hydrogens (tertiary/aromatic N) is 1. The summed E-state index contributed by atoms with van der Waals surface area (Å²) < 4.78 is 5.45. The van der Waals surface area contributed by atoms with Crippen LogP contribution >= 0.6 is 0 Å². The average molecular weight is 234 g/mol. The van der Waals surface area contributed by atoms with Crippen LogP contribution in [-0.2, 0) is 17.8 Å². The number of benzene rings is 1. The molecule has 0 aliphatic carbocycles. The third kappa shape index (κ3) is 2.77. The molecule has 1 aromatic carbocycles. The van der Waals surface area contributed by atoms with Crippen LogP contribution in [0.15, 0.2) is 18.2 Å². The highest BCUT2D eigenvalue weighted by Crippen LogP contribution is 2.26. The molecule has 0 bridgehead atoms. The van der Waals surface area contributed by atoms with Gasteiger partial charge < -0.3 is 15.0 Å². The third-order valence-electron chi connectivity index (χ3n) is 2.93. The Balaban J connectivity index is 2.01. The van der Waals surface area contributed by atoms with Crippen molar-refractivity contribution in [1.82, 2.24) is 10.2 Å². The topological polar surface area (TPSA) is 41.6 Å². The Bertz CT molecular complexity index is 418. The minimum Gasteiger partial charge on any atom is -0.493 e. The standard InChI is InChI=1S/C13H18N2O2/c1-14-8-13(16)15(2)9-10-3-4-12-11(7-10)5-6-17-12/h3-4,7,14H,5-6,8-9H2,1-2H3. The molecule has 0 spiro atoms. The Morgan fingerprint density at radius 3 is 3.12 bits per heavy atom. The molecule has 1 aliphatic heterocycles. The fraction of sp³-hybridized carbons (Fsp3) is 0.462. The predicted molar refractivity (Wildman–Crippen MR) is 66.0 cm³/mol. The second-order valence-electron chi connectivity index (χ2n) is 4.32. The van der Waals surface area contributed by atoms with Gasteiger partial charge in [0.1, 0.15) is 5.75 Å².